The van der Waals surface area contributed by atoms with Gasteiger partial charge in [0.15, 0.2) is 0 Å². The van der Waals surface area contributed by atoms with Crippen LogP contribution in [0.4, 0.5) is 4.39 Å². The summed E-state index contributed by atoms with van der Waals surface area (Å²) in [5, 5.41) is 0. The zero-order chi connectivity index (χ0) is 24.4. The van der Waals surface area contributed by atoms with Gasteiger partial charge in [-0.2, -0.15) is 0 Å². The highest BCUT2D eigenvalue weighted by Crippen LogP contribution is 2.34. The summed E-state index contributed by atoms with van der Waals surface area (Å²) in [6.07, 6.45) is 2.51. The number of pyridine rings is 1. The number of hydrogen-bond acceptors (Lipinski definition) is 4. The Morgan fingerprint density at radius 3 is 2.43 bits per heavy atom. The minimum Gasteiger partial charge on any atom is -0.292 e. The largest absolute Gasteiger partial charge is 0.292 e. The number of hydrogen-bond donors (Lipinski definition) is 0. The minimum atomic E-state index is -0.359. The van der Waals surface area contributed by atoms with E-state index >= 15 is 0 Å². The molecule has 0 N–H and O–H groups in total. The Labute approximate surface area is 207 Å². The number of rotatable bonds is 6. The van der Waals surface area contributed by atoms with Crippen molar-refractivity contribution < 1.29 is 4.39 Å². The number of nitrogens with zero attached hydrogens (tertiary/aromatic N) is 3. The highest BCUT2D eigenvalue weighted by molar-refractivity contribution is 7.18. The molecule has 0 aliphatic heterocycles. The molecular weight excluding hydrogens is 457 g/mol. The van der Waals surface area contributed by atoms with Crippen molar-refractivity contribution in [2.45, 2.75) is 26.8 Å². The third-order valence-corrected chi connectivity index (χ3v) is 7.10. The second-order valence-corrected chi connectivity index (χ2v) is 9.53. The monoisotopic (exact) mass is 481 g/mol. The second kappa shape index (κ2) is 9.76. The van der Waals surface area contributed by atoms with E-state index in [1.165, 1.54) is 12.1 Å². The van der Waals surface area contributed by atoms with Gasteiger partial charge >= 0.3 is 0 Å². The molecule has 6 heteroatoms. The second-order valence-electron chi connectivity index (χ2n) is 8.45. The predicted molar refractivity (Wildman–Crippen MR) is 140 cm³/mol. The molecule has 0 saturated carbocycles. The normalized spacial score (nSPS) is 11.1. The molecule has 174 valence electrons. The molecule has 0 spiro atoms. The van der Waals surface area contributed by atoms with E-state index in [1.54, 1.807) is 28.0 Å². The van der Waals surface area contributed by atoms with Crippen LogP contribution in [-0.2, 0) is 13.0 Å². The van der Waals surface area contributed by atoms with E-state index in [2.05, 4.69) is 4.98 Å². The Morgan fingerprint density at radius 2 is 1.69 bits per heavy atom. The van der Waals surface area contributed by atoms with Crippen molar-refractivity contribution in [1.29, 1.82) is 0 Å². The lowest BCUT2D eigenvalue weighted by Gasteiger charge is -2.16. The Morgan fingerprint density at radius 1 is 0.886 bits per heavy atom. The summed E-state index contributed by atoms with van der Waals surface area (Å²) >= 11 is 1.55. The van der Waals surface area contributed by atoms with Gasteiger partial charge in [0.05, 0.1) is 11.3 Å². The zero-order valence-electron chi connectivity index (χ0n) is 19.5. The molecule has 5 aromatic rings. The molecule has 4 nitrogen and oxygen atoms in total. The van der Waals surface area contributed by atoms with E-state index in [0.29, 0.717) is 35.6 Å². The highest BCUT2D eigenvalue weighted by Gasteiger charge is 2.19. The lowest BCUT2D eigenvalue weighted by molar-refractivity contribution is 0.626. The average Bonchev–Trinajstić information content (AvgIpc) is 3.34. The molecule has 3 heterocycles. The number of halogens is 1. The molecule has 3 aromatic heterocycles. The molecule has 0 saturated heterocycles. The average molecular weight is 482 g/mol. The van der Waals surface area contributed by atoms with Crippen LogP contribution in [0.2, 0.25) is 0 Å². The van der Waals surface area contributed by atoms with Crippen LogP contribution in [0.1, 0.15) is 17.0 Å². The molecule has 0 atom stereocenters. The van der Waals surface area contributed by atoms with Gasteiger partial charge in [0, 0.05) is 39.3 Å². The van der Waals surface area contributed by atoms with Crippen molar-refractivity contribution in [3.8, 4) is 32.3 Å². The minimum absolute atomic E-state index is 0.122. The predicted octanol–water partition coefficient (Wildman–Crippen LogP) is 6.70. The molecule has 35 heavy (non-hydrogen) atoms. The third-order valence-electron chi connectivity index (χ3n) is 5.95. The molecule has 0 radical (unpaired) electrons. The number of aromatic nitrogens is 3. The first-order valence-electron chi connectivity index (χ1n) is 11.4. The Hall–Kier alpha value is -3.90. The maximum absolute atomic E-state index is 14.1. The number of thiophene rings is 1. The van der Waals surface area contributed by atoms with E-state index in [9.17, 15) is 9.18 Å². The summed E-state index contributed by atoms with van der Waals surface area (Å²) < 4.78 is 15.7. The molecule has 0 amide bonds. The smallest absolute Gasteiger partial charge is 0.262 e. The molecule has 0 fully saturated rings. The van der Waals surface area contributed by atoms with Gasteiger partial charge in [-0.1, -0.05) is 48.5 Å². The lowest BCUT2D eigenvalue weighted by atomic mass is 10.1. The summed E-state index contributed by atoms with van der Waals surface area (Å²) in [6, 6.07) is 24.3. The van der Waals surface area contributed by atoms with Crippen LogP contribution in [0.3, 0.4) is 0 Å². The molecular formula is C29H24FN3OS. The number of aryl methyl sites for hydroxylation is 3. The first-order valence-corrected chi connectivity index (χ1v) is 12.3. The summed E-state index contributed by atoms with van der Waals surface area (Å²) in [5.41, 5.74) is 4.76. The SMILES string of the molecule is Cc1ccc(-c2ccc(-c3c(C)nc(-c4cccc(F)c4)n(CCc4ccccc4)c3=O)s2)cn1. The van der Waals surface area contributed by atoms with E-state index in [1.807, 2.05) is 74.6 Å². The van der Waals surface area contributed by atoms with Gasteiger partial charge in [-0.05, 0) is 56.2 Å². The van der Waals surface area contributed by atoms with Crippen LogP contribution in [0.25, 0.3) is 32.3 Å². The summed E-state index contributed by atoms with van der Waals surface area (Å²) in [4.78, 5) is 25.0. The fourth-order valence-electron chi connectivity index (χ4n) is 4.13. The summed E-state index contributed by atoms with van der Waals surface area (Å²) in [5.74, 6) is 0.119. The van der Waals surface area contributed by atoms with Gasteiger partial charge in [-0.25, -0.2) is 9.37 Å². The van der Waals surface area contributed by atoms with Crippen LogP contribution in [-0.4, -0.2) is 14.5 Å². The van der Waals surface area contributed by atoms with Crippen LogP contribution >= 0.6 is 11.3 Å². The van der Waals surface area contributed by atoms with Gasteiger partial charge in [0.25, 0.3) is 5.56 Å². The van der Waals surface area contributed by atoms with Crippen LogP contribution in [0, 0.1) is 19.7 Å². The van der Waals surface area contributed by atoms with Crippen molar-refractivity contribution >= 4 is 11.3 Å². The molecule has 0 aliphatic rings. The van der Waals surface area contributed by atoms with E-state index < -0.39 is 0 Å². The first-order chi connectivity index (χ1) is 17.0. The van der Waals surface area contributed by atoms with Crippen molar-refractivity contribution in [1.82, 2.24) is 14.5 Å². The fourth-order valence-corrected chi connectivity index (χ4v) is 5.21. The lowest BCUT2D eigenvalue weighted by Crippen LogP contribution is -2.26. The quantitative estimate of drug-likeness (QED) is 0.271. The molecule has 2 aromatic carbocycles. The van der Waals surface area contributed by atoms with Gasteiger partial charge in [0.2, 0.25) is 0 Å². The fraction of sp³-hybridized carbons (Fsp3) is 0.138. The summed E-state index contributed by atoms with van der Waals surface area (Å²) in [7, 11) is 0. The zero-order valence-corrected chi connectivity index (χ0v) is 20.3. The van der Waals surface area contributed by atoms with Crippen LogP contribution < -0.4 is 5.56 Å². The maximum atomic E-state index is 14.1. The van der Waals surface area contributed by atoms with E-state index in [-0.39, 0.29) is 11.4 Å². The van der Waals surface area contributed by atoms with E-state index in [0.717, 1.165) is 26.6 Å². The van der Waals surface area contributed by atoms with Crippen molar-refractivity contribution in [2.75, 3.05) is 0 Å². The standard InChI is InChI=1S/C29H24FN3OS/c1-19-11-12-23(18-31-19)25-13-14-26(35-25)27-20(2)32-28(22-9-6-10-24(30)17-22)33(29(27)34)16-15-21-7-4-3-5-8-21/h3-14,17-18H,15-16H2,1-2H3. The molecule has 5 rings (SSSR count). The van der Waals surface area contributed by atoms with Crippen molar-refractivity contribution in [3.63, 3.8) is 0 Å². The van der Waals surface area contributed by atoms with Crippen molar-refractivity contribution in [3.05, 3.63) is 118 Å². The molecule has 0 unspecified atom stereocenters. The van der Waals surface area contributed by atoms with Gasteiger partial charge in [0.1, 0.15) is 11.6 Å². The Kier molecular flexibility index (Phi) is 6.38. The first kappa shape index (κ1) is 22.9. The molecule has 0 bridgehead atoms. The Bertz CT molecular complexity index is 1540. The summed E-state index contributed by atoms with van der Waals surface area (Å²) in [6.45, 7) is 4.24. The van der Waals surface area contributed by atoms with Crippen LogP contribution in [0.5, 0.6) is 0 Å². The molecule has 0 aliphatic carbocycles. The Balaban J connectivity index is 1.61. The highest BCUT2D eigenvalue weighted by atomic mass is 32.1. The third kappa shape index (κ3) is 4.84. The van der Waals surface area contributed by atoms with Gasteiger partial charge < -0.3 is 0 Å². The topological polar surface area (TPSA) is 47.8 Å². The van der Waals surface area contributed by atoms with Crippen LogP contribution in [0.15, 0.2) is 89.9 Å². The van der Waals surface area contributed by atoms with Crippen molar-refractivity contribution in [2.24, 2.45) is 0 Å². The maximum Gasteiger partial charge on any atom is 0.262 e. The number of benzene rings is 2. The van der Waals surface area contributed by atoms with Gasteiger partial charge in [-0.3, -0.25) is 14.3 Å². The van der Waals surface area contributed by atoms with E-state index in [4.69, 9.17) is 4.98 Å². The van der Waals surface area contributed by atoms with Gasteiger partial charge in [-0.15, -0.1) is 11.3 Å².